The summed E-state index contributed by atoms with van der Waals surface area (Å²) in [6.07, 6.45) is 0.660. The number of nitrogens with zero attached hydrogens (tertiary/aromatic N) is 4. The van der Waals surface area contributed by atoms with Crippen LogP contribution in [0.15, 0.2) is 41.3 Å². The van der Waals surface area contributed by atoms with Crippen LogP contribution in [0.2, 0.25) is 0 Å². The predicted molar refractivity (Wildman–Crippen MR) is 111 cm³/mol. The van der Waals surface area contributed by atoms with Crippen molar-refractivity contribution >= 4 is 10.0 Å². The zero-order chi connectivity index (χ0) is 22.2. The molecule has 0 atom stereocenters. The van der Waals surface area contributed by atoms with E-state index < -0.39 is 27.5 Å². The van der Waals surface area contributed by atoms with E-state index >= 15 is 0 Å². The topological polar surface area (TPSA) is 129 Å². The molecule has 1 heterocycles. The van der Waals surface area contributed by atoms with Gasteiger partial charge in [-0.05, 0) is 38.0 Å². The number of hydrogen-bond acceptors (Lipinski definition) is 7. The Labute approximate surface area is 174 Å². The Morgan fingerprint density at radius 3 is 2.37 bits per heavy atom. The largest absolute Gasteiger partial charge is 0.507 e. The lowest BCUT2D eigenvalue weighted by Crippen LogP contribution is -2.33. The zero-order valence-corrected chi connectivity index (χ0v) is 17.9. The Balaban J connectivity index is 2.27. The summed E-state index contributed by atoms with van der Waals surface area (Å²) in [7, 11) is -2.65. The summed E-state index contributed by atoms with van der Waals surface area (Å²) in [6, 6.07) is 8.58. The van der Waals surface area contributed by atoms with Crippen molar-refractivity contribution in [1.29, 1.82) is 0 Å². The molecule has 30 heavy (non-hydrogen) atoms. The van der Waals surface area contributed by atoms with Gasteiger partial charge in [-0.1, -0.05) is 30.2 Å². The van der Waals surface area contributed by atoms with Gasteiger partial charge in [-0.25, -0.2) is 13.0 Å². The second-order valence-electron chi connectivity index (χ2n) is 7.09. The highest BCUT2D eigenvalue weighted by Crippen LogP contribution is 2.39. The van der Waals surface area contributed by atoms with Crippen LogP contribution in [0, 0.1) is 0 Å². The van der Waals surface area contributed by atoms with Crippen LogP contribution in [0.4, 0.5) is 0 Å². The molecule has 0 amide bonds. The van der Waals surface area contributed by atoms with Gasteiger partial charge >= 0.3 is 6.01 Å². The highest BCUT2D eigenvalue weighted by atomic mass is 32.2. The number of sulfonamides is 1. The summed E-state index contributed by atoms with van der Waals surface area (Å²) in [4.78, 5) is -0.385. The van der Waals surface area contributed by atoms with Gasteiger partial charge in [0.1, 0.15) is 16.4 Å². The molecule has 160 valence electrons. The first-order chi connectivity index (χ1) is 14.1. The van der Waals surface area contributed by atoms with Crippen molar-refractivity contribution < 1.29 is 23.7 Å². The van der Waals surface area contributed by atoms with Gasteiger partial charge in [-0.3, -0.25) is 0 Å². The van der Waals surface area contributed by atoms with Crippen LogP contribution in [-0.2, 0) is 16.4 Å². The van der Waals surface area contributed by atoms with Crippen LogP contribution in [0.3, 0.4) is 0 Å². The van der Waals surface area contributed by atoms with Crippen molar-refractivity contribution in [2.45, 2.75) is 38.1 Å². The van der Waals surface area contributed by atoms with Crippen molar-refractivity contribution in [3.63, 3.8) is 0 Å². The van der Waals surface area contributed by atoms with Gasteiger partial charge in [0.05, 0.1) is 11.3 Å². The third-order valence-electron chi connectivity index (χ3n) is 4.96. The minimum absolute atomic E-state index is 0.00207. The van der Waals surface area contributed by atoms with Crippen molar-refractivity contribution in [1.82, 2.24) is 19.1 Å². The molecule has 0 aliphatic heterocycles. The lowest BCUT2D eigenvalue weighted by atomic mass is 10.1. The van der Waals surface area contributed by atoms with Gasteiger partial charge < -0.3 is 15.3 Å². The molecule has 0 bridgehead atoms. The molecule has 2 aromatic carbocycles. The van der Waals surface area contributed by atoms with Gasteiger partial charge in [0.2, 0.25) is 10.0 Å². The fraction of sp³-hybridized carbons (Fsp3) is 0.300. The molecule has 3 N–H and O–H groups in total. The van der Waals surface area contributed by atoms with Crippen molar-refractivity contribution in [3.05, 3.63) is 42.0 Å². The summed E-state index contributed by atoms with van der Waals surface area (Å²) >= 11 is 0. The third kappa shape index (κ3) is 3.59. The van der Waals surface area contributed by atoms with Crippen LogP contribution in [0.25, 0.3) is 17.1 Å². The van der Waals surface area contributed by atoms with Crippen LogP contribution in [0.1, 0.15) is 26.3 Å². The van der Waals surface area contributed by atoms with E-state index in [0.717, 1.165) is 22.0 Å². The average molecular weight is 433 g/mol. The van der Waals surface area contributed by atoms with Gasteiger partial charge in [-0.2, -0.15) is 4.31 Å². The Morgan fingerprint density at radius 1 is 1.07 bits per heavy atom. The Morgan fingerprint density at radius 2 is 1.73 bits per heavy atom. The van der Waals surface area contributed by atoms with Crippen LogP contribution in [-0.4, -0.2) is 55.9 Å². The molecule has 3 rings (SSSR count). The molecule has 1 aromatic heterocycles. The summed E-state index contributed by atoms with van der Waals surface area (Å²) in [5, 5.41) is 38.7. The maximum Gasteiger partial charge on any atom is 0.319 e. The first-order valence-electron chi connectivity index (χ1n) is 9.36. The van der Waals surface area contributed by atoms with Gasteiger partial charge in [0.15, 0.2) is 5.82 Å². The molecule has 3 aromatic rings. The van der Waals surface area contributed by atoms with Crippen LogP contribution < -0.4 is 0 Å². The number of benzene rings is 2. The van der Waals surface area contributed by atoms with Crippen LogP contribution in [0.5, 0.6) is 17.5 Å². The molecule has 0 aliphatic rings. The van der Waals surface area contributed by atoms with E-state index in [0.29, 0.717) is 12.1 Å². The van der Waals surface area contributed by atoms with Gasteiger partial charge in [0, 0.05) is 19.2 Å². The highest BCUT2D eigenvalue weighted by molar-refractivity contribution is 7.89. The number of phenolic OH excluding ortho intramolecular Hbond substituents is 2. The smallest absolute Gasteiger partial charge is 0.319 e. The Kier molecular flexibility index (Phi) is 5.73. The average Bonchev–Trinajstić information content (AvgIpc) is 3.07. The predicted octanol–water partition coefficient (Wildman–Crippen LogP) is 2.64. The molecule has 0 radical (unpaired) electrons. The third-order valence-corrected chi connectivity index (χ3v) is 7.02. The quantitative estimate of drug-likeness (QED) is 0.546. The maximum absolute atomic E-state index is 12.9. The molecule has 0 fully saturated rings. The Bertz CT molecular complexity index is 1190. The molecule has 9 nitrogen and oxygen atoms in total. The monoisotopic (exact) mass is 432 g/mol. The van der Waals surface area contributed by atoms with Crippen molar-refractivity contribution in [3.8, 4) is 34.6 Å². The highest BCUT2D eigenvalue weighted by Gasteiger charge is 2.29. The van der Waals surface area contributed by atoms with E-state index in [4.69, 9.17) is 0 Å². The van der Waals surface area contributed by atoms with Gasteiger partial charge in [-0.15, -0.1) is 5.10 Å². The molecule has 0 aliphatic carbocycles. The molecule has 0 unspecified atom stereocenters. The van der Waals surface area contributed by atoms with E-state index in [1.54, 1.807) is 26.0 Å². The maximum atomic E-state index is 12.9. The minimum atomic E-state index is -4.05. The van der Waals surface area contributed by atoms with E-state index in [1.165, 1.54) is 11.6 Å². The molecular weight excluding hydrogens is 408 g/mol. The van der Waals surface area contributed by atoms with E-state index in [2.05, 4.69) is 10.2 Å². The zero-order valence-electron chi connectivity index (χ0n) is 17.1. The van der Waals surface area contributed by atoms with E-state index in [1.807, 2.05) is 19.1 Å². The number of aromatic hydroxyl groups is 3. The van der Waals surface area contributed by atoms with Gasteiger partial charge in [0.25, 0.3) is 0 Å². The first kappa shape index (κ1) is 21.6. The molecular formula is C20H24N4O5S. The fourth-order valence-corrected chi connectivity index (χ4v) is 4.53. The normalized spacial score (nSPS) is 12.1. The molecule has 0 saturated heterocycles. The fourth-order valence-electron chi connectivity index (χ4n) is 3.08. The number of phenols is 2. The summed E-state index contributed by atoms with van der Waals surface area (Å²) in [5.74, 6) is -0.955. The summed E-state index contributed by atoms with van der Waals surface area (Å²) in [5.41, 5.74) is 1.48. The number of rotatable bonds is 6. The standard InChI is InChI=1S/C20H24N4O5S/c1-5-13-8-6-7-9-15(13)24-19(21-22-20(24)27)14-10-18(17(26)11-16(14)25)30(28,29)23(4)12(2)3/h6-12,25-26H,5H2,1-4H3,(H,22,27). The first-order valence-corrected chi connectivity index (χ1v) is 10.8. The summed E-state index contributed by atoms with van der Waals surface area (Å²) in [6.45, 7) is 5.35. The number of para-hydroxylation sites is 1. The van der Waals surface area contributed by atoms with Crippen LogP contribution >= 0.6 is 0 Å². The van der Waals surface area contributed by atoms with Crippen molar-refractivity contribution in [2.75, 3.05) is 7.05 Å². The number of aryl methyl sites for hydroxylation is 1. The number of hydrogen-bond donors (Lipinski definition) is 3. The Hall–Kier alpha value is -3.11. The molecule has 0 spiro atoms. The second-order valence-corrected chi connectivity index (χ2v) is 9.06. The lowest BCUT2D eigenvalue weighted by molar-refractivity contribution is 0.401. The molecule has 10 heteroatoms. The van der Waals surface area contributed by atoms with Crippen molar-refractivity contribution in [2.24, 2.45) is 0 Å². The van der Waals surface area contributed by atoms with E-state index in [9.17, 15) is 23.7 Å². The summed E-state index contributed by atoms with van der Waals surface area (Å²) < 4.78 is 28.3. The van der Waals surface area contributed by atoms with E-state index in [-0.39, 0.29) is 22.3 Å². The minimum Gasteiger partial charge on any atom is -0.507 e. The SMILES string of the molecule is CCc1ccccc1-n1c(O)nnc1-c1cc(S(=O)(=O)N(C)C(C)C)c(O)cc1O. The number of aromatic nitrogens is 3. The lowest BCUT2D eigenvalue weighted by Gasteiger charge is -2.22. The molecule has 0 saturated carbocycles. The second kappa shape index (κ2) is 7.96.